The molecular formula is C12H20N4O. The van der Waals surface area contributed by atoms with E-state index in [2.05, 4.69) is 20.4 Å². The van der Waals surface area contributed by atoms with Gasteiger partial charge < -0.3 is 9.84 Å². The number of aryl methyl sites for hydroxylation is 1. The number of piperidine rings is 1. The molecule has 0 radical (unpaired) electrons. The summed E-state index contributed by atoms with van der Waals surface area (Å²) in [6.07, 6.45) is 3.49. The maximum Gasteiger partial charge on any atom is 0.240 e. The lowest BCUT2D eigenvalue weighted by Gasteiger charge is -2.35. The van der Waals surface area contributed by atoms with Crippen molar-refractivity contribution in [1.29, 1.82) is 0 Å². The van der Waals surface area contributed by atoms with E-state index >= 15 is 0 Å². The third kappa shape index (κ3) is 2.21. The Morgan fingerprint density at radius 1 is 1.47 bits per heavy atom. The monoisotopic (exact) mass is 236 g/mol. The van der Waals surface area contributed by atoms with Crippen LogP contribution in [0.3, 0.4) is 0 Å². The Morgan fingerprint density at radius 3 is 3.24 bits per heavy atom. The second kappa shape index (κ2) is 4.74. The Labute approximate surface area is 102 Å². The molecule has 2 aliphatic heterocycles. The first-order valence-corrected chi connectivity index (χ1v) is 6.63. The van der Waals surface area contributed by atoms with Gasteiger partial charge in [0, 0.05) is 19.0 Å². The van der Waals surface area contributed by atoms with Crippen molar-refractivity contribution >= 4 is 0 Å². The van der Waals surface area contributed by atoms with E-state index < -0.39 is 0 Å². The highest BCUT2D eigenvalue weighted by Crippen LogP contribution is 2.27. The van der Waals surface area contributed by atoms with Crippen LogP contribution < -0.4 is 5.32 Å². The van der Waals surface area contributed by atoms with E-state index in [0.29, 0.717) is 6.04 Å². The molecule has 1 aromatic rings. The zero-order valence-corrected chi connectivity index (χ0v) is 10.4. The molecule has 5 nitrogen and oxygen atoms in total. The van der Waals surface area contributed by atoms with Crippen LogP contribution in [0.5, 0.6) is 0 Å². The molecule has 5 heteroatoms. The molecule has 2 saturated heterocycles. The minimum absolute atomic E-state index is 0.667. The molecular weight excluding hydrogens is 216 g/mol. The van der Waals surface area contributed by atoms with Gasteiger partial charge in [0.15, 0.2) is 5.82 Å². The lowest BCUT2D eigenvalue weighted by molar-refractivity contribution is 0.104. The average molecular weight is 236 g/mol. The molecule has 2 fully saturated rings. The number of hydrogen-bond donors (Lipinski definition) is 1. The highest BCUT2D eigenvalue weighted by molar-refractivity contribution is 4.94. The molecule has 17 heavy (non-hydrogen) atoms. The smallest absolute Gasteiger partial charge is 0.240 e. The number of likely N-dealkylation sites (tertiary alicyclic amines) is 1. The summed E-state index contributed by atoms with van der Waals surface area (Å²) < 4.78 is 5.28. The summed E-state index contributed by atoms with van der Waals surface area (Å²) >= 11 is 0. The van der Waals surface area contributed by atoms with Gasteiger partial charge in [-0.2, -0.15) is 4.98 Å². The van der Waals surface area contributed by atoms with Crippen LogP contribution in [0.4, 0.5) is 0 Å². The molecule has 0 amide bonds. The zero-order valence-electron chi connectivity index (χ0n) is 10.4. The van der Waals surface area contributed by atoms with Crippen LogP contribution in [-0.4, -0.2) is 40.7 Å². The predicted molar refractivity (Wildman–Crippen MR) is 63.5 cm³/mol. The van der Waals surface area contributed by atoms with Gasteiger partial charge >= 0.3 is 0 Å². The maximum atomic E-state index is 5.28. The van der Waals surface area contributed by atoms with Gasteiger partial charge in [-0.25, -0.2) is 0 Å². The van der Waals surface area contributed by atoms with Crippen molar-refractivity contribution in [2.45, 2.75) is 38.8 Å². The molecule has 1 N–H and O–H groups in total. The molecule has 1 aromatic heterocycles. The summed E-state index contributed by atoms with van der Waals surface area (Å²) in [7, 11) is 0. The SMILES string of the molecule is CCc1noc(CN2CCCC3CNCC32)n1. The molecule has 0 aromatic carbocycles. The molecule has 94 valence electrons. The lowest BCUT2D eigenvalue weighted by Crippen LogP contribution is -2.44. The van der Waals surface area contributed by atoms with Crippen molar-refractivity contribution in [2.75, 3.05) is 19.6 Å². The second-order valence-corrected chi connectivity index (χ2v) is 5.06. The van der Waals surface area contributed by atoms with E-state index in [-0.39, 0.29) is 0 Å². The van der Waals surface area contributed by atoms with Crippen molar-refractivity contribution in [3.8, 4) is 0 Å². The first kappa shape index (κ1) is 11.2. The van der Waals surface area contributed by atoms with Crippen LogP contribution in [0.2, 0.25) is 0 Å². The van der Waals surface area contributed by atoms with Crippen LogP contribution in [0, 0.1) is 5.92 Å². The fourth-order valence-corrected chi connectivity index (χ4v) is 3.03. The molecule has 3 rings (SSSR count). The number of nitrogens with zero attached hydrogens (tertiary/aromatic N) is 3. The van der Waals surface area contributed by atoms with Gasteiger partial charge in [0.25, 0.3) is 0 Å². The molecule has 2 atom stereocenters. The van der Waals surface area contributed by atoms with Gasteiger partial charge in [-0.05, 0) is 31.8 Å². The van der Waals surface area contributed by atoms with Crippen molar-refractivity contribution in [1.82, 2.24) is 20.4 Å². The summed E-state index contributed by atoms with van der Waals surface area (Å²) in [5.74, 6) is 2.41. The van der Waals surface area contributed by atoms with Gasteiger partial charge in [0.1, 0.15) is 0 Å². The van der Waals surface area contributed by atoms with E-state index in [1.54, 1.807) is 0 Å². The van der Waals surface area contributed by atoms with E-state index in [0.717, 1.165) is 43.7 Å². The van der Waals surface area contributed by atoms with Crippen molar-refractivity contribution in [3.05, 3.63) is 11.7 Å². The van der Waals surface area contributed by atoms with Gasteiger partial charge in [-0.3, -0.25) is 4.90 Å². The summed E-state index contributed by atoms with van der Waals surface area (Å²) in [5.41, 5.74) is 0. The van der Waals surface area contributed by atoms with E-state index in [1.807, 2.05) is 6.92 Å². The van der Waals surface area contributed by atoms with Crippen LogP contribution in [0.1, 0.15) is 31.5 Å². The summed E-state index contributed by atoms with van der Waals surface area (Å²) in [4.78, 5) is 6.90. The Morgan fingerprint density at radius 2 is 2.41 bits per heavy atom. The quantitative estimate of drug-likeness (QED) is 0.842. The normalized spacial score (nSPS) is 29.5. The maximum absolute atomic E-state index is 5.28. The molecule has 2 aliphatic rings. The summed E-state index contributed by atoms with van der Waals surface area (Å²) in [6.45, 7) is 6.31. The fraction of sp³-hybridized carbons (Fsp3) is 0.833. The third-order valence-corrected chi connectivity index (χ3v) is 3.96. The largest absolute Gasteiger partial charge is 0.338 e. The molecule has 3 heterocycles. The van der Waals surface area contributed by atoms with Crippen molar-refractivity contribution in [2.24, 2.45) is 5.92 Å². The first-order valence-electron chi connectivity index (χ1n) is 6.63. The van der Waals surface area contributed by atoms with Crippen LogP contribution >= 0.6 is 0 Å². The molecule has 0 aliphatic carbocycles. The number of aromatic nitrogens is 2. The molecule has 0 bridgehead atoms. The summed E-state index contributed by atoms with van der Waals surface area (Å²) in [5, 5.41) is 7.45. The van der Waals surface area contributed by atoms with Gasteiger partial charge in [0.2, 0.25) is 5.89 Å². The number of nitrogens with one attached hydrogen (secondary N) is 1. The Balaban J connectivity index is 1.67. The Bertz CT molecular complexity index is 378. The topological polar surface area (TPSA) is 54.2 Å². The van der Waals surface area contributed by atoms with Crippen LogP contribution in [0.25, 0.3) is 0 Å². The van der Waals surface area contributed by atoms with E-state index in [4.69, 9.17) is 4.52 Å². The molecule has 2 unspecified atom stereocenters. The minimum Gasteiger partial charge on any atom is -0.338 e. The summed E-state index contributed by atoms with van der Waals surface area (Å²) in [6, 6.07) is 0.667. The van der Waals surface area contributed by atoms with Crippen molar-refractivity contribution in [3.63, 3.8) is 0 Å². The standard InChI is InChI=1S/C12H20N4O/c1-2-11-14-12(17-15-11)8-16-5-3-4-9-6-13-7-10(9)16/h9-10,13H,2-8H2,1H3. The lowest BCUT2D eigenvalue weighted by atomic mass is 9.92. The van der Waals surface area contributed by atoms with Crippen LogP contribution in [0.15, 0.2) is 4.52 Å². The highest BCUT2D eigenvalue weighted by Gasteiger charge is 2.35. The average Bonchev–Trinajstić information content (AvgIpc) is 2.97. The fourth-order valence-electron chi connectivity index (χ4n) is 3.03. The predicted octanol–water partition coefficient (Wildman–Crippen LogP) is 0.816. The number of hydrogen-bond acceptors (Lipinski definition) is 5. The molecule has 0 spiro atoms. The number of rotatable bonds is 3. The second-order valence-electron chi connectivity index (χ2n) is 5.06. The zero-order chi connectivity index (χ0) is 11.7. The third-order valence-electron chi connectivity index (χ3n) is 3.96. The van der Waals surface area contributed by atoms with Gasteiger partial charge in [-0.1, -0.05) is 12.1 Å². The van der Waals surface area contributed by atoms with Crippen molar-refractivity contribution < 1.29 is 4.52 Å². The van der Waals surface area contributed by atoms with E-state index in [9.17, 15) is 0 Å². The first-order chi connectivity index (χ1) is 8.36. The van der Waals surface area contributed by atoms with Gasteiger partial charge in [0.05, 0.1) is 6.54 Å². The van der Waals surface area contributed by atoms with E-state index in [1.165, 1.54) is 19.4 Å². The Hall–Kier alpha value is -0.940. The van der Waals surface area contributed by atoms with Gasteiger partial charge in [-0.15, -0.1) is 0 Å². The number of fused-ring (bicyclic) bond motifs is 1. The van der Waals surface area contributed by atoms with Crippen LogP contribution in [-0.2, 0) is 13.0 Å². The highest BCUT2D eigenvalue weighted by atomic mass is 16.5. The Kier molecular flexibility index (Phi) is 3.11. The minimum atomic E-state index is 0.667. The molecule has 0 saturated carbocycles.